The van der Waals surface area contributed by atoms with E-state index in [2.05, 4.69) is 43.8 Å². The first kappa shape index (κ1) is 57.2. The molecule has 0 aliphatic heterocycles. The van der Waals surface area contributed by atoms with Crippen LogP contribution in [0.4, 0.5) is 0 Å². The van der Waals surface area contributed by atoms with Crippen LogP contribution in [0, 0.1) is 0 Å². The van der Waals surface area contributed by atoms with Crippen LogP contribution < -0.4 is 4.57 Å². The van der Waals surface area contributed by atoms with Gasteiger partial charge in [0.05, 0.1) is 0 Å². The van der Waals surface area contributed by atoms with Crippen LogP contribution in [0.5, 0.6) is 0 Å². The van der Waals surface area contributed by atoms with Crippen molar-refractivity contribution in [1.29, 1.82) is 0 Å². The second kappa shape index (κ2) is 49.2. The third-order valence-electron chi connectivity index (χ3n) is 14.1. The fourth-order valence-corrected chi connectivity index (χ4v) is 9.80. The Bertz CT molecular complexity index is 935. The van der Waals surface area contributed by atoms with Crippen LogP contribution in [-0.2, 0) is 19.4 Å². The van der Waals surface area contributed by atoms with Crippen molar-refractivity contribution in [3.63, 3.8) is 0 Å². The van der Waals surface area contributed by atoms with Gasteiger partial charge in [0.2, 0.25) is 0 Å². The van der Waals surface area contributed by atoms with Gasteiger partial charge in [-0.1, -0.05) is 303 Å². The maximum atomic E-state index is 2.58. The van der Waals surface area contributed by atoms with E-state index in [-0.39, 0.29) is 0 Å². The molecule has 0 aliphatic carbocycles. The molecule has 1 rings (SSSR count). The number of unbranched alkanes of at least 4 members (excludes halogenated alkanes) is 45. The summed E-state index contributed by atoms with van der Waals surface area (Å²) in [6.45, 7) is 8.16. The molecule has 0 aromatic carbocycles. The minimum absolute atomic E-state index is 1.21. The first-order valence-electron chi connectivity index (χ1n) is 28.8. The lowest BCUT2D eigenvalue weighted by Crippen LogP contribution is -2.34. The fraction of sp³-hybridized carbons (Fsp3) is 0.915. The van der Waals surface area contributed by atoms with Gasteiger partial charge in [-0.05, 0) is 37.7 Å². The van der Waals surface area contributed by atoms with E-state index < -0.39 is 0 Å². The average Bonchev–Trinajstić information content (AvgIpc) is 3.26. The Hall–Kier alpha value is -0.850. The lowest BCUT2D eigenvalue weighted by molar-refractivity contribution is -0.697. The zero-order valence-electron chi connectivity index (χ0n) is 42.2. The summed E-state index contributed by atoms with van der Waals surface area (Å²) in [7, 11) is 0. The Morgan fingerprint density at radius 3 is 0.733 bits per heavy atom. The number of nitrogens with zero attached hydrogens (tertiary/aromatic N) is 1. The van der Waals surface area contributed by atoms with Crippen molar-refractivity contribution in [2.45, 2.75) is 348 Å². The van der Waals surface area contributed by atoms with E-state index in [1.54, 1.807) is 11.1 Å². The van der Waals surface area contributed by atoms with Crippen LogP contribution >= 0.6 is 0 Å². The first-order chi connectivity index (χ1) is 29.8. The number of pyridine rings is 1. The highest BCUT2D eigenvalue weighted by Gasteiger charge is 2.10. The molecule has 0 saturated carbocycles. The van der Waals surface area contributed by atoms with Crippen LogP contribution in [0.1, 0.15) is 340 Å². The summed E-state index contributed by atoms with van der Waals surface area (Å²) < 4.78 is 2.56. The van der Waals surface area contributed by atoms with Crippen molar-refractivity contribution < 1.29 is 4.57 Å². The Kier molecular flexibility index (Phi) is 46.8. The molecule has 1 heterocycles. The molecule has 0 aliphatic rings. The van der Waals surface area contributed by atoms with Crippen LogP contribution in [0.2, 0.25) is 0 Å². The lowest BCUT2D eigenvalue weighted by atomic mass is 9.97. The zero-order chi connectivity index (χ0) is 42.9. The highest BCUT2D eigenvalue weighted by molar-refractivity contribution is 5.21. The summed E-state index contributed by atoms with van der Waals surface area (Å²) in [5, 5.41) is 0. The van der Waals surface area contributed by atoms with Crippen molar-refractivity contribution in [2.75, 3.05) is 0 Å². The Morgan fingerprint density at radius 2 is 0.467 bits per heavy atom. The summed E-state index contributed by atoms with van der Waals surface area (Å²) in [5.74, 6) is 0. The second-order valence-corrected chi connectivity index (χ2v) is 20.1. The molecule has 0 N–H and O–H groups in total. The van der Waals surface area contributed by atoms with Crippen LogP contribution in [0.25, 0.3) is 0 Å². The van der Waals surface area contributed by atoms with E-state index in [1.807, 2.05) is 0 Å². The van der Waals surface area contributed by atoms with Gasteiger partial charge < -0.3 is 0 Å². The molecule has 0 unspecified atom stereocenters. The topological polar surface area (TPSA) is 3.88 Å². The highest BCUT2D eigenvalue weighted by Crippen LogP contribution is 2.20. The molecule has 1 heteroatoms. The van der Waals surface area contributed by atoms with E-state index in [9.17, 15) is 0 Å². The van der Waals surface area contributed by atoms with E-state index in [0.717, 1.165) is 0 Å². The lowest BCUT2D eigenvalue weighted by Gasteiger charge is -2.10. The van der Waals surface area contributed by atoms with Gasteiger partial charge in [0.15, 0.2) is 12.4 Å². The summed E-state index contributed by atoms with van der Waals surface area (Å²) in [6.07, 6.45) is 77.2. The summed E-state index contributed by atoms with van der Waals surface area (Å²) in [4.78, 5) is 0. The molecule has 0 fully saturated rings. The van der Waals surface area contributed by atoms with Crippen LogP contribution in [0.15, 0.2) is 18.5 Å². The van der Waals surface area contributed by atoms with E-state index >= 15 is 0 Å². The molecule has 0 spiro atoms. The third-order valence-corrected chi connectivity index (χ3v) is 14.1. The highest BCUT2D eigenvalue weighted by atomic mass is 14.9. The second-order valence-electron chi connectivity index (χ2n) is 20.1. The molecule has 0 bridgehead atoms. The van der Waals surface area contributed by atoms with Crippen LogP contribution in [0.3, 0.4) is 0 Å². The van der Waals surface area contributed by atoms with Gasteiger partial charge in [0, 0.05) is 18.1 Å². The van der Waals surface area contributed by atoms with Crippen molar-refractivity contribution in [1.82, 2.24) is 0 Å². The van der Waals surface area contributed by atoms with Crippen LogP contribution in [-0.4, -0.2) is 0 Å². The smallest absolute Gasteiger partial charge is 0.172 e. The quantitative estimate of drug-likeness (QED) is 0.0455. The molecule has 0 amide bonds. The summed E-state index contributed by atoms with van der Waals surface area (Å²) in [6, 6.07) is 2.53. The van der Waals surface area contributed by atoms with E-state index in [4.69, 9.17) is 0 Å². The predicted octanol–water partition coefficient (Wildman–Crippen LogP) is 20.8. The van der Waals surface area contributed by atoms with Gasteiger partial charge in [-0.15, -0.1) is 0 Å². The van der Waals surface area contributed by atoms with E-state index in [1.165, 1.54) is 328 Å². The molecular formula is C59H114N+. The molecule has 1 nitrogen and oxygen atoms in total. The average molecular weight is 838 g/mol. The summed E-state index contributed by atoms with van der Waals surface area (Å²) >= 11 is 0. The van der Waals surface area contributed by atoms with Gasteiger partial charge in [0.25, 0.3) is 0 Å². The maximum absolute atomic E-state index is 2.58. The molecule has 354 valence electrons. The van der Waals surface area contributed by atoms with Crippen molar-refractivity contribution in [3.05, 3.63) is 29.6 Å². The Morgan fingerprint density at radius 1 is 0.250 bits per heavy atom. The normalized spacial score (nSPS) is 11.7. The van der Waals surface area contributed by atoms with E-state index in [0.29, 0.717) is 0 Å². The monoisotopic (exact) mass is 837 g/mol. The molecule has 0 atom stereocenters. The standard InChI is InChI=1S/C59H114N/c1-4-7-10-13-16-19-22-25-28-30-32-34-37-40-43-46-49-52-58-54-56-60(55-51-48-45-42-39-36-27-24-21-18-15-12-9-6-3)57-59(58)53-50-47-44-41-38-35-33-31-29-26-23-20-17-14-11-8-5-2/h54,56-57H,4-53,55H2,1-3H3/q+1. The van der Waals surface area contributed by atoms with Crippen molar-refractivity contribution >= 4 is 0 Å². The SMILES string of the molecule is CCCCCCCCCCCCCCCCCCCc1cc[n+](CCCCCCCCCCCCCCCC)cc1CCCCCCCCCCCCCCCCCCC. The number of aromatic nitrogens is 1. The zero-order valence-corrected chi connectivity index (χ0v) is 42.2. The maximum Gasteiger partial charge on any atom is 0.172 e. The number of rotatable bonds is 51. The molecule has 0 saturated heterocycles. The largest absolute Gasteiger partial charge is 0.205 e. The van der Waals surface area contributed by atoms with Gasteiger partial charge in [-0.25, -0.2) is 4.57 Å². The van der Waals surface area contributed by atoms with Crippen molar-refractivity contribution in [2.24, 2.45) is 0 Å². The van der Waals surface area contributed by atoms with Gasteiger partial charge >= 0.3 is 0 Å². The molecule has 60 heavy (non-hydrogen) atoms. The number of aryl methyl sites for hydroxylation is 3. The van der Waals surface area contributed by atoms with Gasteiger partial charge in [-0.2, -0.15) is 0 Å². The minimum Gasteiger partial charge on any atom is -0.205 e. The Labute approximate surface area is 381 Å². The predicted molar refractivity (Wildman–Crippen MR) is 273 cm³/mol. The van der Waals surface area contributed by atoms with Gasteiger partial charge in [0.1, 0.15) is 6.54 Å². The fourth-order valence-electron chi connectivity index (χ4n) is 9.80. The molecule has 1 aromatic rings. The van der Waals surface area contributed by atoms with Crippen molar-refractivity contribution in [3.8, 4) is 0 Å². The number of hydrogen-bond donors (Lipinski definition) is 0. The summed E-state index contributed by atoms with van der Waals surface area (Å²) in [5.41, 5.74) is 3.35. The van der Waals surface area contributed by atoms with Gasteiger partial charge in [-0.3, -0.25) is 0 Å². The first-order valence-corrected chi connectivity index (χ1v) is 28.8. The third kappa shape index (κ3) is 41.2. The molecular weight excluding hydrogens is 723 g/mol. The Balaban J connectivity index is 2.26. The number of hydrogen-bond acceptors (Lipinski definition) is 0. The minimum atomic E-state index is 1.21. The molecule has 0 radical (unpaired) electrons. The molecule has 1 aromatic heterocycles.